The summed E-state index contributed by atoms with van der Waals surface area (Å²) in [5.74, 6) is 0.779. The Bertz CT molecular complexity index is 311. The van der Waals surface area contributed by atoms with Crippen molar-refractivity contribution in [1.82, 2.24) is 5.16 Å². The molecule has 1 rings (SSSR count). The van der Waals surface area contributed by atoms with Crippen molar-refractivity contribution in [2.45, 2.75) is 26.2 Å². The summed E-state index contributed by atoms with van der Waals surface area (Å²) in [6.07, 6.45) is -1.39. The Balaban J connectivity index is 2.81. The molecule has 0 saturated heterocycles. The SMILES string of the molecule is CC(C)(C)c1cc(NC(=O)[O-])no1. The fraction of sp³-hybridized carbons (Fsp3) is 0.500. The second-order valence-electron chi connectivity index (χ2n) is 3.74. The van der Waals surface area contributed by atoms with Crippen LogP contribution in [0, 0.1) is 0 Å². The third kappa shape index (κ3) is 2.47. The van der Waals surface area contributed by atoms with E-state index in [1.54, 1.807) is 0 Å². The number of carboxylic acid groups (broad SMARTS) is 1. The normalized spacial score (nSPS) is 11.3. The molecule has 0 aliphatic rings. The molecule has 0 spiro atoms. The summed E-state index contributed by atoms with van der Waals surface area (Å²) in [6, 6.07) is 1.54. The highest BCUT2D eigenvalue weighted by molar-refractivity contribution is 5.79. The van der Waals surface area contributed by atoms with Crippen molar-refractivity contribution >= 4 is 11.9 Å². The summed E-state index contributed by atoms with van der Waals surface area (Å²) in [7, 11) is 0. The summed E-state index contributed by atoms with van der Waals surface area (Å²) in [6.45, 7) is 5.82. The van der Waals surface area contributed by atoms with Gasteiger partial charge in [0.05, 0.1) is 0 Å². The zero-order valence-electron chi connectivity index (χ0n) is 7.75. The van der Waals surface area contributed by atoms with E-state index in [1.165, 1.54) is 6.07 Å². The summed E-state index contributed by atoms with van der Waals surface area (Å²) in [4.78, 5) is 10.1. The van der Waals surface area contributed by atoms with Crippen molar-refractivity contribution < 1.29 is 14.4 Å². The molecule has 72 valence electrons. The van der Waals surface area contributed by atoms with Crippen molar-refractivity contribution in [3.05, 3.63) is 11.8 Å². The van der Waals surface area contributed by atoms with Crippen LogP contribution < -0.4 is 10.4 Å². The monoisotopic (exact) mass is 183 g/mol. The van der Waals surface area contributed by atoms with E-state index in [-0.39, 0.29) is 11.2 Å². The highest BCUT2D eigenvalue weighted by Gasteiger charge is 2.19. The molecule has 0 fully saturated rings. The van der Waals surface area contributed by atoms with Gasteiger partial charge in [0.2, 0.25) is 0 Å². The maximum absolute atomic E-state index is 10.1. The Morgan fingerprint density at radius 1 is 1.62 bits per heavy atom. The van der Waals surface area contributed by atoms with Crippen molar-refractivity contribution in [1.29, 1.82) is 0 Å². The fourth-order valence-electron chi connectivity index (χ4n) is 0.792. The summed E-state index contributed by atoms with van der Waals surface area (Å²) in [5, 5.41) is 15.6. The number of hydrogen-bond donors (Lipinski definition) is 1. The minimum atomic E-state index is -1.39. The topological polar surface area (TPSA) is 78.2 Å². The molecule has 0 saturated carbocycles. The van der Waals surface area contributed by atoms with Gasteiger partial charge in [0.15, 0.2) is 5.82 Å². The number of carbonyl (C=O) groups is 1. The van der Waals surface area contributed by atoms with Crippen LogP contribution in [0.2, 0.25) is 0 Å². The number of aromatic nitrogens is 1. The molecule has 1 aromatic rings. The number of amides is 1. The Kier molecular flexibility index (Phi) is 2.27. The molecule has 5 nitrogen and oxygen atoms in total. The lowest BCUT2D eigenvalue weighted by molar-refractivity contribution is -0.242. The number of rotatable bonds is 1. The molecule has 0 unspecified atom stereocenters. The van der Waals surface area contributed by atoms with Gasteiger partial charge in [-0.3, -0.25) is 0 Å². The molecule has 1 aromatic heterocycles. The minimum absolute atomic E-state index is 0.157. The maximum atomic E-state index is 10.1. The van der Waals surface area contributed by atoms with Gasteiger partial charge in [0, 0.05) is 11.5 Å². The minimum Gasteiger partial charge on any atom is -0.530 e. The molecule has 0 aliphatic heterocycles. The van der Waals surface area contributed by atoms with Crippen LogP contribution in [0.3, 0.4) is 0 Å². The molecule has 5 heteroatoms. The van der Waals surface area contributed by atoms with E-state index in [0.29, 0.717) is 5.76 Å². The number of nitrogens with zero attached hydrogens (tertiary/aromatic N) is 1. The second kappa shape index (κ2) is 3.08. The van der Waals surface area contributed by atoms with Gasteiger partial charge in [-0.25, -0.2) is 0 Å². The van der Waals surface area contributed by atoms with Crippen LogP contribution >= 0.6 is 0 Å². The quantitative estimate of drug-likeness (QED) is 0.696. The Morgan fingerprint density at radius 3 is 2.62 bits per heavy atom. The van der Waals surface area contributed by atoms with Gasteiger partial charge in [0.1, 0.15) is 11.9 Å². The van der Waals surface area contributed by atoms with E-state index in [1.807, 2.05) is 26.1 Å². The zero-order chi connectivity index (χ0) is 10.1. The molecule has 0 bridgehead atoms. The van der Waals surface area contributed by atoms with Crippen LogP contribution in [-0.2, 0) is 5.41 Å². The first-order chi connectivity index (χ1) is 5.89. The number of nitrogens with one attached hydrogen (secondary N) is 1. The maximum Gasteiger partial charge on any atom is 0.174 e. The molecular formula is C8H11N2O3-. The zero-order valence-corrected chi connectivity index (χ0v) is 7.75. The van der Waals surface area contributed by atoms with E-state index >= 15 is 0 Å². The Hall–Kier alpha value is -1.52. The van der Waals surface area contributed by atoms with Crippen molar-refractivity contribution in [2.24, 2.45) is 0 Å². The summed E-state index contributed by atoms with van der Waals surface area (Å²) < 4.78 is 4.93. The summed E-state index contributed by atoms with van der Waals surface area (Å²) >= 11 is 0. The third-order valence-electron chi connectivity index (χ3n) is 1.48. The van der Waals surface area contributed by atoms with E-state index < -0.39 is 6.09 Å². The van der Waals surface area contributed by atoms with Crippen molar-refractivity contribution in [3.8, 4) is 0 Å². The molecule has 0 atom stereocenters. The van der Waals surface area contributed by atoms with Gasteiger partial charge in [-0.2, -0.15) is 0 Å². The molecule has 1 heterocycles. The Labute approximate surface area is 75.7 Å². The van der Waals surface area contributed by atoms with Crippen LogP contribution in [-0.4, -0.2) is 11.2 Å². The predicted molar refractivity (Wildman–Crippen MR) is 44.2 cm³/mol. The van der Waals surface area contributed by atoms with Gasteiger partial charge in [-0.1, -0.05) is 25.9 Å². The van der Waals surface area contributed by atoms with Crippen LogP contribution in [0.1, 0.15) is 26.5 Å². The highest BCUT2D eigenvalue weighted by Crippen LogP contribution is 2.24. The van der Waals surface area contributed by atoms with E-state index in [2.05, 4.69) is 5.16 Å². The van der Waals surface area contributed by atoms with Gasteiger partial charge in [-0.05, 0) is 0 Å². The number of carbonyl (C=O) groups excluding carboxylic acids is 1. The second-order valence-corrected chi connectivity index (χ2v) is 3.74. The summed E-state index contributed by atoms with van der Waals surface area (Å²) in [5.41, 5.74) is -0.182. The highest BCUT2D eigenvalue weighted by atomic mass is 16.5. The molecule has 1 amide bonds. The first-order valence-corrected chi connectivity index (χ1v) is 3.85. The van der Waals surface area contributed by atoms with Crippen LogP contribution in [0.4, 0.5) is 10.6 Å². The van der Waals surface area contributed by atoms with Crippen LogP contribution in [0.15, 0.2) is 10.6 Å². The first-order valence-electron chi connectivity index (χ1n) is 3.85. The fourth-order valence-corrected chi connectivity index (χ4v) is 0.792. The molecule has 0 aliphatic carbocycles. The van der Waals surface area contributed by atoms with Gasteiger partial charge >= 0.3 is 0 Å². The molecule has 0 radical (unpaired) electrons. The van der Waals surface area contributed by atoms with Crippen molar-refractivity contribution in [2.75, 3.05) is 5.32 Å². The van der Waals surface area contributed by atoms with E-state index in [4.69, 9.17) is 4.52 Å². The van der Waals surface area contributed by atoms with E-state index in [0.717, 1.165) is 0 Å². The smallest absolute Gasteiger partial charge is 0.174 e. The first kappa shape index (κ1) is 9.57. The predicted octanol–water partition coefficient (Wildman–Crippen LogP) is 0.727. The average Bonchev–Trinajstić information content (AvgIpc) is 2.32. The lowest BCUT2D eigenvalue weighted by Crippen LogP contribution is -2.28. The largest absolute Gasteiger partial charge is 0.530 e. The Morgan fingerprint density at radius 2 is 2.23 bits per heavy atom. The molecule has 1 N–H and O–H groups in total. The lowest BCUT2D eigenvalue weighted by atomic mass is 9.93. The van der Waals surface area contributed by atoms with Gasteiger partial charge in [-0.15, -0.1) is 0 Å². The third-order valence-corrected chi connectivity index (χ3v) is 1.48. The lowest BCUT2D eigenvalue weighted by Gasteiger charge is -2.12. The standard InChI is InChI=1S/C8H12N2O3/c1-8(2,3)5-4-6(10-13-5)9-7(11)12/h4H,1-3H3,(H,9,10)(H,11,12)/p-1. The molecular weight excluding hydrogens is 172 g/mol. The van der Waals surface area contributed by atoms with Gasteiger partial charge in [0.25, 0.3) is 0 Å². The van der Waals surface area contributed by atoms with Crippen LogP contribution in [0.25, 0.3) is 0 Å². The van der Waals surface area contributed by atoms with Crippen molar-refractivity contribution in [3.63, 3.8) is 0 Å². The average molecular weight is 183 g/mol. The molecule has 0 aromatic carbocycles. The van der Waals surface area contributed by atoms with E-state index in [9.17, 15) is 9.90 Å². The molecule has 13 heavy (non-hydrogen) atoms. The van der Waals surface area contributed by atoms with Gasteiger partial charge < -0.3 is 19.7 Å². The number of anilines is 1. The van der Waals surface area contributed by atoms with Crippen LogP contribution in [0.5, 0.6) is 0 Å². The number of hydrogen-bond acceptors (Lipinski definition) is 4.